The Morgan fingerprint density at radius 2 is 2.17 bits per heavy atom. The molecule has 1 amide bonds. The maximum Gasteiger partial charge on any atom is 0.253 e. The molecule has 1 aromatic rings. The molecule has 2 rings (SSSR count). The van der Waals surface area contributed by atoms with E-state index in [9.17, 15) is 9.59 Å². The molecule has 0 saturated carbocycles. The van der Waals surface area contributed by atoms with Crippen molar-refractivity contribution in [3.63, 3.8) is 0 Å². The SMILES string of the molecule is CN1CCC[C@H](NC(=O)c2ccc(=O)n(C)c2)C1. The fourth-order valence-electron chi connectivity index (χ4n) is 2.28. The van der Waals surface area contributed by atoms with Crippen LogP contribution in [0.1, 0.15) is 23.2 Å². The van der Waals surface area contributed by atoms with Gasteiger partial charge in [0, 0.05) is 31.9 Å². The van der Waals surface area contributed by atoms with Crippen molar-refractivity contribution in [2.24, 2.45) is 7.05 Å². The first kappa shape index (κ1) is 12.8. The molecule has 1 fully saturated rings. The van der Waals surface area contributed by atoms with Crippen LogP contribution in [0.15, 0.2) is 23.1 Å². The normalized spacial score (nSPS) is 20.7. The Bertz CT molecular complexity index is 495. The van der Waals surface area contributed by atoms with Gasteiger partial charge in [-0.05, 0) is 32.5 Å². The van der Waals surface area contributed by atoms with Crippen molar-refractivity contribution >= 4 is 5.91 Å². The van der Waals surface area contributed by atoms with Gasteiger partial charge in [0.25, 0.3) is 5.91 Å². The number of carbonyl (C=O) groups is 1. The molecule has 1 N–H and O–H groups in total. The summed E-state index contributed by atoms with van der Waals surface area (Å²) in [5.74, 6) is -0.106. The van der Waals surface area contributed by atoms with Gasteiger partial charge in [0.15, 0.2) is 0 Å². The number of nitrogens with one attached hydrogen (secondary N) is 1. The average Bonchev–Trinajstić information content (AvgIpc) is 2.32. The zero-order valence-electron chi connectivity index (χ0n) is 10.8. The monoisotopic (exact) mass is 249 g/mol. The van der Waals surface area contributed by atoms with E-state index in [1.54, 1.807) is 19.3 Å². The van der Waals surface area contributed by atoms with Crippen LogP contribution in [0.2, 0.25) is 0 Å². The van der Waals surface area contributed by atoms with E-state index < -0.39 is 0 Å². The molecule has 18 heavy (non-hydrogen) atoms. The van der Waals surface area contributed by atoms with E-state index in [0.29, 0.717) is 5.56 Å². The van der Waals surface area contributed by atoms with E-state index in [0.717, 1.165) is 25.9 Å². The molecule has 0 aliphatic carbocycles. The van der Waals surface area contributed by atoms with E-state index in [-0.39, 0.29) is 17.5 Å². The molecule has 2 heterocycles. The molecule has 0 radical (unpaired) electrons. The van der Waals surface area contributed by atoms with Crippen molar-refractivity contribution in [2.45, 2.75) is 18.9 Å². The third kappa shape index (κ3) is 2.98. The Morgan fingerprint density at radius 1 is 1.39 bits per heavy atom. The van der Waals surface area contributed by atoms with Gasteiger partial charge in [-0.15, -0.1) is 0 Å². The van der Waals surface area contributed by atoms with E-state index in [4.69, 9.17) is 0 Å². The van der Waals surface area contributed by atoms with E-state index >= 15 is 0 Å². The van der Waals surface area contributed by atoms with Crippen LogP contribution in [0.5, 0.6) is 0 Å². The second kappa shape index (κ2) is 5.35. The molecule has 0 spiro atoms. The summed E-state index contributed by atoms with van der Waals surface area (Å²) in [5, 5.41) is 3.02. The van der Waals surface area contributed by atoms with Crippen molar-refractivity contribution in [2.75, 3.05) is 20.1 Å². The van der Waals surface area contributed by atoms with Crippen molar-refractivity contribution in [3.8, 4) is 0 Å². The van der Waals surface area contributed by atoms with Gasteiger partial charge >= 0.3 is 0 Å². The number of carbonyl (C=O) groups excluding carboxylic acids is 1. The molecule has 98 valence electrons. The van der Waals surface area contributed by atoms with Crippen molar-refractivity contribution in [1.29, 1.82) is 0 Å². The highest BCUT2D eigenvalue weighted by atomic mass is 16.2. The first-order valence-electron chi connectivity index (χ1n) is 6.22. The quantitative estimate of drug-likeness (QED) is 0.815. The molecule has 1 aliphatic rings. The minimum absolute atomic E-state index is 0.106. The minimum atomic E-state index is -0.107. The number of rotatable bonds is 2. The first-order chi connectivity index (χ1) is 8.56. The topological polar surface area (TPSA) is 54.3 Å². The number of likely N-dealkylation sites (tertiary alicyclic amines) is 1. The maximum absolute atomic E-state index is 12.0. The number of amides is 1. The summed E-state index contributed by atoms with van der Waals surface area (Å²) in [6.45, 7) is 1.98. The molecule has 5 nitrogen and oxygen atoms in total. The van der Waals surface area contributed by atoms with Crippen molar-refractivity contribution in [1.82, 2.24) is 14.8 Å². The molecule has 0 unspecified atom stereocenters. The van der Waals surface area contributed by atoms with Crippen LogP contribution in [0.4, 0.5) is 0 Å². The smallest absolute Gasteiger partial charge is 0.253 e. The second-order valence-corrected chi connectivity index (χ2v) is 4.94. The number of piperidine rings is 1. The van der Waals surface area contributed by atoms with Crippen LogP contribution in [0, 0.1) is 0 Å². The largest absolute Gasteiger partial charge is 0.348 e. The molecule has 1 aromatic heterocycles. The Kier molecular flexibility index (Phi) is 3.81. The highest BCUT2D eigenvalue weighted by molar-refractivity contribution is 5.94. The lowest BCUT2D eigenvalue weighted by atomic mass is 10.1. The van der Waals surface area contributed by atoms with Crippen LogP contribution in [-0.4, -0.2) is 41.6 Å². The Labute approximate surface area is 106 Å². The number of hydrogen-bond acceptors (Lipinski definition) is 3. The summed E-state index contributed by atoms with van der Waals surface area (Å²) in [5.41, 5.74) is 0.425. The lowest BCUT2D eigenvalue weighted by Gasteiger charge is -2.30. The Balaban J connectivity index is 2.02. The summed E-state index contributed by atoms with van der Waals surface area (Å²) in [6, 6.07) is 3.19. The lowest BCUT2D eigenvalue weighted by molar-refractivity contribution is 0.0911. The Morgan fingerprint density at radius 3 is 2.83 bits per heavy atom. The molecule has 5 heteroatoms. The minimum Gasteiger partial charge on any atom is -0.348 e. The second-order valence-electron chi connectivity index (χ2n) is 4.94. The summed E-state index contributed by atoms with van der Waals surface area (Å²) >= 11 is 0. The lowest BCUT2D eigenvalue weighted by Crippen LogP contribution is -2.46. The maximum atomic E-state index is 12.0. The molecule has 1 saturated heterocycles. The molecule has 1 atom stereocenters. The highest BCUT2D eigenvalue weighted by Crippen LogP contribution is 2.08. The van der Waals surface area contributed by atoms with Gasteiger partial charge in [0.1, 0.15) is 0 Å². The number of likely N-dealkylation sites (N-methyl/N-ethyl adjacent to an activating group) is 1. The predicted octanol–water partition coefficient (Wildman–Crippen LogP) is 0.209. The average molecular weight is 249 g/mol. The van der Waals surface area contributed by atoms with E-state index in [1.165, 1.54) is 10.6 Å². The van der Waals surface area contributed by atoms with Crippen molar-refractivity contribution < 1.29 is 4.79 Å². The number of aryl methyl sites for hydroxylation is 1. The van der Waals surface area contributed by atoms with Gasteiger partial charge in [-0.25, -0.2) is 0 Å². The zero-order valence-corrected chi connectivity index (χ0v) is 10.8. The summed E-state index contributed by atoms with van der Waals surface area (Å²) in [7, 11) is 3.71. The van der Waals surface area contributed by atoms with Gasteiger partial charge < -0.3 is 14.8 Å². The van der Waals surface area contributed by atoms with E-state index in [2.05, 4.69) is 17.3 Å². The number of nitrogens with zero attached hydrogens (tertiary/aromatic N) is 2. The third-order valence-electron chi connectivity index (χ3n) is 3.31. The fraction of sp³-hybridized carbons (Fsp3) is 0.538. The van der Waals surface area contributed by atoms with Crippen molar-refractivity contribution in [3.05, 3.63) is 34.2 Å². The number of hydrogen-bond donors (Lipinski definition) is 1. The van der Waals surface area contributed by atoms with Crippen LogP contribution in [0.3, 0.4) is 0 Å². The summed E-state index contributed by atoms with van der Waals surface area (Å²) in [4.78, 5) is 25.5. The molecule has 0 bridgehead atoms. The number of aromatic nitrogens is 1. The third-order valence-corrected chi connectivity index (χ3v) is 3.31. The fourth-order valence-corrected chi connectivity index (χ4v) is 2.28. The molecule has 0 aromatic carbocycles. The van der Waals surface area contributed by atoms with Gasteiger partial charge in [-0.1, -0.05) is 0 Å². The molecule has 1 aliphatic heterocycles. The number of pyridine rings is 1. The van der Waals surface area contributed by atoms with Crippen LogP contribution < -0.4 is 10.9 Å². The highest BCUT2D eigenvalue weighted by Gasteiger charge is 2.19. The van der Waals surface area contributed by atoms with Gasteiger partial charge in [-0.2, -0.15) is 0 Å². The van der Waals surface area contributed by atoms with Crippen LogP contribution >= 0.6 is 0 Å². The van der Waals surface area contributed by atoms with Gasteiger partial charge in [0.2, 0.25) is 5.56 Å². The van der Waals surface area contributed by atoms with Crippen LogP contribution in [-0.2, 0) is 7.05 Å². The summed E-state index contributed by atoms with van der Waals surface area (Å²) in [6.07, 6.45) is 3.70. The molecular formula is C13H19N3O2. The van der Waals surface area contributed by atoms with Gasteiger partial charge in [-0.3, -0.25) is 9.59 Å². The zero-order chi connectivity index (χ0) is 13.1. The van der Waals surface area contributed by atoms with Gasteiger partial charge in [0.05, 0.1) is 5.56 Å². The standard InChI is InChI=1S/C13H19N3O2/c1-15-7-3-4-11(9-15)14-13(18)10-5-6-12(17)16(2)8-10/h5-6,8,11H,3-4,7,9H2,1-2H3,(H,14,18)/t11-/m0/s1. The Hall–Kier alpha value is -1.62. The predicted molar refractivity (Wildman–Crippen MR) is 69.7 cm³/mol. The van der Waals surface area contributed by atoms with Crippen LogP contribution in [0.25, 0.3) is 0 Å². The first-order valence-corrected chi connectivity index (χ1v) is 6.22. The van der Waals surface area contributed by atoms with E-state index in [1.807, 2.05) is 0 Å². The summed E-state index contributed by atoms with van der Waals surface area (Å²) < 4.78 is 1.42. The molecular weight excluding hydrogens is 230 g/mol.